The molecule has 0 unspecified atom stereocenters. The molecule has 0 radical (unpaired) electrons. The quantitative estimate of drug-likeness (QED) is 0.527. The molecule has 9 nitrogen and oxygen atoms in total. The van der Waals surface area contributed by atoms with Gasteiger partial charge in [0.2, 0.25) is 5.91 Å². The zero-order chi connectivity index (χ0) is 25.4. The maximum atomic E-state index is 11.7. The van der Waals surface area contributed by atoms with Crippen molar-refractivity contribution in [1.82, 2.24) is 14.5 Å². The molecule has 3 aromatic heterocycles. The number of anilines is 1. The lowest BCUT2D eigenvalue weighted by molar-refractivity contribution is -0.142. The highest BCUT2D eigenvalue weighted by atomic mass is 16.5. The maximum Gasteiger partial charge on any atom is 0.306 e. The van der Waals surface area contributed by atoms with Crippen molar-refractivity contribution in [3.8, 4) is 5.82 Å². The number of aromatic nitrogens is 3. The predicted molar refractivity (Wildman–Crippen MR) is 134 cm³/mol. The molecule has 190 valence electrons. The third-order valence-electron chi connectivity index (χ3n) is 7.59. The first-order valence-corrected chi connectivity index (χ1v) is 12.4. The molecule has 1 aliphatic heterocycles. The Bertz CT molecular complexity index is 1300. The molecule has 1 aliphatic carbocycles. The van der Waals surface area contributed by atoms with E-state index in [9.17, 15) is 14.7 Å². The molecule has 3 aromatic rings. The summed E-state index contributed by atoms with van der Waals surface area (Å²) in [6, 6.07) is 5.95. The summed E-state index contributed by atoms with van der Waals surface area (Å²) in [6.45, 7) is 4.58. The average molecular weight is 493 g/mol. The van der Waals surface area contributed by atoms with Gasteiger partial charge in [-0.1, -0.05) is 0 Å². The van der Waals surface area contributed by atoms with E-state index in [1.807, 2.05) is 25.1 Å². The number of pyridine rings is 2. The van der Waals surface area contributed by atoms with Crippen LogP contribution in [0.5, 0.6) is 0 Å². The molecular formula is C27H32N4O5. The average Bonchev–Trinajstić information content (AvgIpc) is 3.49. The van der Waals surface area contributed by atoms with Gasteiger partial charge >= 0.3 is 5.97 Å². The minimum atomic E-state index is -0.711. The van der Waals surface area contributed by atoms with Crippen LogP contribution >= 0.6 is 0 Å². The van der Waals surface area contributed by atoms with Crippen LogP contribution in [0.3, 0.4) is 0 Å². The van der Waals surface area contributed by atoms with E-state index in [-0.39, 0.29) is 17.7 Å². The van der Waals surface area contributed by atoms with E-state index in [4.69, 9.17) is 14.5 Å². The van der Waals surface area contributed by atoms with Gasteiger partial charge in [-0.15, -0.1) is 0 Å². The number of carboxylic acid groups (broad SMARTS) is 1. The summed E-state index contributed by atoms with van der Waals surface area (Å²) >= 11 is 0. The van der Waals surface area contributed by atoms with Crippen molar-refractivity contribution < 1.29 is 24.2 Å². The van der Waals surface area contributed by atoms with Crippen molar-refractivity contribution >= 4 is 28.6 Å². The number of nitrogens with zero attached hydrogens (tertiary/aromatic N) is 3. The summed E-state index contributed by atoms with van der Waals surface area (Å²) < 4.78 is 13.6. The van der Waals surface area contributed by atoms with E-state index in [2.05, 4.69) is 21.1 Å². The number of rotatable bonds is 6. The third-order valence-corrected chi connectivity index (χ3v) is 7.59. The monoisotopic (exact) mass is 492 g/mol. The Morgan fingerprint density at radius 1 is 1.22 bits per heavy atom. The number of hydrogen-bond acceptors (Lipinski definition) is 6. The Kier molecular flexibility index (Phi) is 6.53. The van der Waals surface area contributed by atoms with Crippen LogP contribution in [0.4, 0.5) is 5.82 Å². The normalized spacial score (nSPS) is 24.2. The van der Waals surface area contributed by atoms with Crippen molar-refractivity contribution in [2.24, 2.45) is 5.92 Å². The summed E-state index contributed by atoms with van der Waals surface area (Å²) in [5.41, 5.74) is 3.33. The van der Waals surface area contributed by atoms with E-state index in [0.717, 1.165) is 52.8 Å². The van der Waals surface area contributed by atoms with E-state index < -0.39 is 11.6 Å². The molecule has 1 amide bonds. The lowest BCUT2D eigenvalue weighted by Crippen LogP contribution is -2.30. The number of carbonyl (C=O) groups excluding carboxylic acids is 1. The number of methoxy groups -OCH3 is 1. The number of carbonyl (C=O) groups is 2. The second-order valence-corrected chi connectivity index (χ2v) is 10.00. The minimum Gasteiger partial charge on any atom is -0.481 e. The summed E-state index contributed by atoms with van der Waals surface area (Å²) in [6.07, 6.45) is 7.57. The van der Waals surface area contributed by atoms with Crippen LogP contribution in [0, 0.1) is 12.8 Å². The molecule has 1 atom stereocenters. The highest BCUT2D eigenvalue weighted by Crippen LogP contribution is 2.41. The SMILES string of the molecule is CO[C@@]1(c2cc(C)cc(-n3cc(C4CCC(C(=O)O)CC4)c4cnc(NC(C)=O)cc43)n2)CCOC1. The van der Waals surface area contributed by atoms with Crippen LogP contribution in [0.25, 0.3) is 16.7 Å². The van der Waals surface area contributed by atoms with Gasteiger partial charge in [0.25, 0.3) is 0 Å². The van der Waals surface area contributed by atoms with Gasteiger partial charge < -0.3 is 24.5 Å². The molecule has 0 spiro atoms. The fourth-order valence-corrected chi connectivity index (χ4v) is 5.58. The summed E-state index contributed by atoms with van der Waals surface area (Å²) in [4.78, 5) is 32.7. The molecule has 2 fully saturated rings. The van der Waals surface area contributed by atoms with Gasteiger partial charge in [0.05, 0.1) is 23.7 Å². The minimum absolute atomic E-state index is 0.189. The number of hydrogen-bond donors (Lipinski definition) is 2. The number of carboxylic acids is 1. The van der Waals surface area contributed by atoms with Crippen LogP contribution < -0.4 is 5.32 Å². The Hall–Kier alpha value is -3.30. The Balaban J connectivity index is 1.62. The maximum absolute atomic E-state index is 11.7. The molecular weight excluding hydrogens is 460 g/mol. The molecule has 2 aliphatic rings. The molecule has 1 saturated heterocycles. The van der Waals surface area contributed by atoms with Crippen molar-refractivity contribution in [3.05, 3.63) is 47.4 Å². The standard InChI is InChI=1S/C27H32N4O5/c1-16-10-23(27(35-3)8-9-36-15-27)30-25(11-16)31-14-21(18-4-6-19(7-5-18)26(33)34)20-13-28-24(12-22(20)31)29-17(2)32/h10-14,18-19H,4-9,15H2,1-3H3,(H,33,34)(H,28,29,32)/t18?,19?,27-/m0/s1. The van der Waals surface area contributed by atoms with Crippen LogP contribution in [-0.4, -0.2) is 51.8 Å². The Labute approximate surface area is 209 Å². The van der Waals surface area contributed by atoms with Crippen molar-refractivity contribution in [1.29, 1.82) is 0 Å². The number of aryl methyl sites for hydroxylation is 1. The number of aliphatic carboxylic acids is 1. The number of amides is 1. The molecule has 1 saturated carbocycles. The number of nitrogens with one attached hydrogen (secondary N) is 1. The Morgan fingerprint density at radius 2 is 2.00 bits per heavy atom. The van der Waals surface area contributed by atoms with E-state index in [1.165, 1.54) is 6.92 Å². The van der Waals surface area contributed by atoms with Crippen LogP contribution in [-0.2, 0) is 24.7 Å². The van der Waals surface area contributed by atoms with E-state index in [0.29, 0.717) is 31.9 Å². The highest BCUT2D eigenvalue weighted by molar-refractivity contribution is 5.92. The molecule has 4 heterocycles. The van der Waals surface area contributed by atoms with Crippen LogP contribution in [0.1, 0.15) is 61.8 Å². The smallest absolute Gasteiger partial charge is 0.306 e. The highest BCUT2D eigenvalue weighted by Gasteiger charge is 2.39. The van der Waals surface area contributed by atoms with Gasteiger partial charge in [0.15, 0.2) is 0 Å². The predicted octanol–water partition coefficient (Wildman–Crippen LogP) is 4.31. The molecule has 2 N–H and O–H groups in total. The summed E-state index contributed by atoms with van der Waals surface area (Å²) in [5.74, 6) is 0.280. The van der Waals surface area contributed by atoms with Gasteiger partial charge in [0.1, 0.15) is 17.2 Å². The largest absolute Gasteiger partial charge is 0.481 e. The molecule has 0 bridgehead atoms. The first-order chi connectivity index (χ1) is 17.3. The lowest BCUT2D eigenvalue weighted by Gasteiger charge is -2.26. The van der Waals surface area contributed by atoms with Gasteiger partial charge in [-0.2, -0.15) is 0 Å². The second-order valence-electron chi connectivity index (χ2n) is 10.00. The van der Waals surface area contributed by atoms with Gasteiger partial charge in [-0.05, 0) is 61.8 Å². The van der Waals surface area contributed by atoms with Gasteiger partial charge in [-0.25, -0.2) is 9.97 Å². The zero-order valence-electron chi connectivity index (χ0n) is 20.9. The first-order valence-electron chi connectivity index (χ1n) is 12.4. The van der Waals surface area contributed by atoms with Crippen molar-refractivity contribution in [2.45, 2.75) is 57.5 Å². The van der Waals surface area contributed by atoms with E-state index >= 15 is 0 Å². The third kappa shape index (κ3) is 4.49. The summed E-state index contributed by atoms with van der Waals surface area (Å²) in [5, 5.41) is 13.2. The molecule has 9 heteroatoms. The topological polar surface area (TPSA) is 116 Å². The van der Waals surface area contributed by atoms with Crippen LogP contribution in [0.2, 0.25) is 0 Å². The van der Waals surface area contributed by atoms with Gasteiger partial charge in [-0.3, -0.25) is 9.59 Å². The molecule has 5 rings (SSSR count). The van der Waals surface area contributed by atoms with Gasteiger partial charge in [0, 0.05) is 50.9 Å². The zero-order valence-corrected chi connectivity index (χ0v) is 20.9. The molecule has 36 heavy (non-hydrogen) atoms. The lowest BCUT2D eigenvalue weighted by atomic mass is 9.79. The van der Waals surface area contributed by atoms with Crippen LogP contribution in [0.15, 0.2) is 30.6 Å². The first kappa shape index (κ1) is 24.4. The fraction of sp³-hybridized carbons (Fsp3) is 0.481. The fourth-order valence-electron chi connectivity index (χ4n) is 5.58. The van der Waals surface area contributed by atoms with Crippen molar-refractivity contribution in [2.75, 3.05) is 25.6 Å². The van der Waals surface area contributed by atoms with Crippen molar-refractivity contribution in [3.63, 3.8) is 0 Å². The second kappa shape index (κ2) is 9.63. The van der Waals surface area contributed by atoms with E-state index in [1.54, 1.807) is 13.3 Å². The summed E-state index contributed by atoms with van der Waals surface area (Å²) in [7, 11) is 1.69. The molecule has 0 aromatic carbocycles. The number of ether oxygens (including phenoxy) is 2. The number of fused-ring (bicyclic) bond motifs is 1. The Morgan fingerprint density at radius 3 is 2.64 bits per heavy atom.